The highest BCUT2D eigenvalue weighted by Crippen LogP contribution is 2.32. The summed E-state index contributed by atoms with van der Waals surface area (Å²) in [5, 5.41) is 23.9. The van der Waals surface area contributed by atoms with Gasteiger partial charge in [0.15, 0.2) is 11.5 Å². The third kappa shape index (κ3) is 3.84. The van der Waals surface area contributed by atoms with Crippen molar-refractivity contribution in [2.75, 3.05) is 5.73 Å². The summed E-state index contributed by atoms with van der Waals surface area (Å²) in [4.78, 5) is 24.4. The normalized spacial score (nSPS) is 24.3. The van der Waals surface area contributed by atoms with Crippen LogP contribution in [0, 0.1) is 0 Å². The van der Waals surface area contributed by atoms with Gasteiger partial charge in [-0.3, -0.25) is 0 Å². The Balaban J connectivity index is 1.40. The number of rotatable bonds is 4. The largest absolute Gasteiger partial charge is 0.445 e. The van der Waals surface area contributed by atoms with E-state index in [9.17, 15) is 15.0 Å². The van der Waals surface area contributed by atoms with Gasteiger partial charge in [-0.1, -0.05) is 30.3 Å². The number of nitrogen functional groups attached to an aromatic ring is 1. The van der Waals surface area contributed by atoms with Crippen LogP contribution in [0.3, 0.4) is 0 Å². The summed E-state index contributed by atoms with van der Waals surface area (Å²) in [5.74, 6) is 0.250. The molecule has 0 unspecified atom stereocenters. The second kappa shape index (κ2) is 8.02. The molecule has 0 spiro atoms. The summed E-state index contributed by atoms with van der Waals surface area (Å²) in [6.07, 6.45) is 0.858. The summed E-state index contributed by atoms with van der Waals surface area (Å²) in [6.45, 7) is 0.128. The maximum atomic E-state index is 12.1. The van der Waals surface area contributed by atoms with E-state index < -0.39 is 30.4 Å². The fourth-order valence-electron chi connectivity index (χ4n) is 3.65. The molecule has 1 aromatic carbocycles. The van der Waals surface area contributed by atoms with Crippen molar-refractivity contribution >= 4 is 23.1 Å². The number of ether oxygens (including phenoxy) is 1. The number of nitrogens with two attached hydrogens (primary N) is 1. The smallest absolute Gasteiger partial charge is 0.407 e. The van der Waals surface area contributed by atoms with E-state index in [0.717, 1.165) is 5.56 Å². The first-order valence-electron chi connectivity index (χ1n) is 9.31. The number of aromatic nitrogens is 4. The van der Waals surface area contributed by atoms with Gasteiger partial charge < -0.3 is 30.6 Å². The molecule has 1 amide bonds. The monoisotopic (exact) mass is 398 g/mol. The van der Waals surface area contributed by atoms with E-state index in [4.69, 9.17) is 10.5 Å². The minimum Gasteiger partial charge on any atom is -0.445 e. The highest BCUT2D eigenvalue weighted by molar-refractivity contribution is 5.81. The van der Waals surface area contributed by atoms with Crippen molar-refractivity contribution in [2.24, 2.45) is 0 Å². The van der Waals surface area contributed by atoms with Gasteiger partial charge in [0, 0.05) is 0 Å². The molecule has 0 bridgehead atoms. The number of carbonyl (C=O) groups excluding carboxylic acids is 1. The van der Waals surface area contributed by atoms with Crippen LogP contribution in [-0.2, 0) is 11.3 Å². The van der Waals surface area contributed by atoms with Crippen LogP contribution in [0.15, 0.2) is 43.0 Å². The zero-order chi connectivity index (χ0) is 20.4. The van der Waals surface area contributed by atoms with Gasteiger partial charge in [-0.25, -0.2) is 19.7 Å². The fraction of sp³-hybridized carbons (Fsp3) is 0.368. The Labute approximate surface area is 166 Å². The van der Waals surface area contributed by atoms with Crippen molar-refractivity contribution in [1.82, 2.24) is 24.8 Å². The lowest BCUT2D eigenvalue weighted by molar-refractivity contribution is -0.0563. The van der Waals surface area contributed by atoms with Crippen LogP contribution in [-0.4, -0.2) is 54.1 Å². The van der Waals surface area contributed by atoms with E-state index in [2.05, 4.69) is 20.3 Å². The number of nitrogens with zero attached hydrogens (tertiary/aromatic N) is 4. The van der Waals surface area contributed by atoms with Crippen molar-refractivity contribution in [3.05, 3.63) is 48.5 Å². The Morgan fingerprint density at radius 3 is 2.76 bits per heavy atom. The summed E-state index contributed by atoms with van der Waals surface area (Å²) in [7, 11) is 0. The maximum Gasteiger partial charge on any atom is 0.407 e. The molecular weight excluding hydrogens is 376 g/mol. The maximum absolute atomic E-state index is 12.1. The van der Waals surface area contributed by atoms with Crippen molar-refractivity contribution in [2.45, 2.75) is 43.7 Å². The average Bonchev–Trinajstić information content (AvgIpc) is 3.16. The molecule has 10 heteroatoms. The molecule has 152 valence electrons. The zero-order valence-electron chi connectivity index (χ0n) is 15.5. The van der Waals surface area contributed by atoms with Gasteiger partial charge in [0.2, 0.25) is 0 Å². The predicted octanol–water partition coefficient (Wildman–Crippen LogP) is 0.760. The first kappa shape index (κ1) is 19.1. The molecule has 2 heterocycles. The number of nitrogens with one attached hydrogen (secondary N) is 1. The SMILES string of the molecule is Nc1ncnc2c1ncn2[C@@H]1CC[C@@H](NC(=O)OCc2ccccc2)[C@@H](O)[C@@H]1O. The zero-order valence-corrected chi connectivity index (χ0v) is 15.5. The van der Waals surface area contributed by atoms with Crippen molar-refractivity contribution in [3.63, 3.8) is 0 Å². The second-order valence-electron chi connectivity index (χ2n) is 7.02. The van der Waals surface area contributed by atoms with Crippen LogP contribution in [0.5, 0.6) is 0 Å². The summed E-state index contributed by atoms with van der Waals surface area (Å²) in [6, 6.07) is 8.21. The van der Waals surface area contributed by atoms with Crippen LogP contribution in [0.4, 0.5) is 10.6 Å². The van der Waals surface area contributed by atoms with Gasteiger partial charge >= 0.3 is 6.09 Å². The number of fused-ring (bicyclic) bond motifs is 1. The van der Waals surface area contributed by atoms with Crippen LogP contribution in [0.1, 0.15) is 24.4 Å². The van der Waals surface area contributed by atoms with Crippen molar-refractivity contribution in [1.29, 1.82) is 0 Å². The number of imidazole rings is 1. The highest BCUT2D eigenvalue weighted by atomic mass is 16.5. The highest BCUT2D eigenvalue weighted by Gasteiger charge is 2.40. The lowest BCUT2D eigenvalue weighted by Crippen LogP contribution is -2.54. The quantitative estimate of drug-likeness (QED) is 0.503. The molecular formula is C19H22N6O4. The van der Waals surface area contributed by atoms with Crippen molar-refractivity contribution < 1.29 is 19.7 Å². The van der Waals surface area contributed by atoms with E-state index in [-0.39, 0.29) is 12.4 Å². The molecule has 1 aliphatic rings. The predicted molar refractivity (Wildman–Crippen MR) is 104 cm³/mol. The number of aliphatic hydroxyl groups is 2. The third-order valence-corrected chi connectivity index (χ3v) is 5.19. The van der Waals surface area contributed by atoms with E-state index >= 15 is 0 Å². The molecule has 0 radical (unpaired) electrons. The molecule has 29 heavy (non-hydrogen) atoms. The number of hydrogen-bond acceptors (Lipinski definition) is 8. The number of hydrogen-bond donors (Lipinski definition) is 4. The van der Waals surface area contributed by atoms with Gasteiger partial charge in [-0.15, -0.1) is 0 Å². The van der Waals surface area contributed by atoms with E-state index in [1.807, 2.05) is 30.3 Å². The van der Waals surface area contributed by atoms with Gasteiger partial charge in [0.05, 0.1) is 18.4 Å². The Hall–Kier alpha value is -3.24. The summed E-state index contributed by atoms with van der Waals surface area (Å²) in [5.41, 5.74) is 7.60. The number of aliphatic hydroxyl groups excluding tert-OH is 2. The van der Waals surface area contributed by atoms with Crippen LogP contribution >= 0.6 is 0 Å². The number of anilines is 1. The molecule has 2 aromatic heterocycles. The second-order valence-corrected chi connectivity index (χ2v) is 7.02. The molecule has 0 saturated heterocycles. The Morgan fingerprint density at radius 1 is 1.17 bits per heavy atom. The molecule has 1 fully saturated rings. The first-order valence-corrected chi connectivity index (χ1v) is 9.31. The van der Waals surface area contributed by atoms with Gasteiger partial charge in [-0.2, -0.15) is 0 Å². The molecule has 1 aliphatic carbocycles. The Bertz CT molecular complexity index is 995. The molecule has 3 aromatic rings. The standard InChI is InChI=1S/C19H22N6O4/c20-17-14-18(22-9-21-17)25(10-23-14)13-7-6-12(15(26)16(13)27)24-19(28)29-8-11-4-2-1-3-5-11/h1-5,9-10,12-13,15-16,26-27H,6-8H2,(H,24,28)(H2,20,21,22)/t12-,13-,15-,16-/m1/s1. The third-order valence-electron chi connectivity index (χ3n) is 5.19. The molecule has 1 saturated carbocycles. The van der Waals surface area contributed by atoms with Crippen LogP contribution in [0.25, 0.3) is 11.2 Å². The minimum absolute atomic E-state index is 0.128. The summed E-state index contributed by atoms with van der Waals surface area (Å²) >= 11 is 0. The topological polar surface area (TPSA) is 148 Å². The van der Waals surface area contributed by atoms with Crippen molar-refractivity contribution in [3.8, 4) is 0 Å². The van der Waals surface area contributed by atoms with E-state index in [1.165, 1.54) is 12.7 Å². The molecule has 5 N–H and O–H groups in total. The molecule has 4 rings (SSSR count). The lowest BCUT2D eigenvalue weighted by Gasteiger charge is -2.38. The number of alkyl carbamates (subject to hydrolysis) is 1. The van der Waals surface area contributed by atoms with Gasteiger partial charge in [-0.05, 0) is 18.4 Å². The number of carbonyl (C=O) groups is 1. The van der Waals surface area contributed by atoms with Crippen LogP contribution < -0.4 is 11.1 Å². The first-order chi connectivity index (χ1) is 14.0. The fourth-order valence-corrected chi connectivity index (χ4v) is 3.65. The average molecular weight is 398 g/mol. The van der Waals surface area contributed by atoms with E-state index in [1.54, 1.807) is 4.57 Å². The summed E-state index contributed by atoms with van der Waals surface area (Å²) < 4.78 is 6.88. The Morgan fingerprint density at radius 2 is 1.97 bits per heavy atom. The molecule has 10 nitrogen and oxygen atoms in total. The number of benzene rings is 1. The van der Waals surface area contributed by atoms with Crippen LogP contribution in [0.2, 0.25) is 0 Å². The Kier molecular flexibility index (Phi) is 5.28. The number of amides is 1. The van der Waals surface area contributed by atoms with Gasteiger partial charge in [0.1, 0.15) is 30.7 Å². The lowest BCUT2D eigenvalue weighted by atomic mass is 9.86. The molecule has 4 atom stereocenters. The molecule has 0 aliphatic heterocycles. The van der Waals surface area contributed by atoms with Gasteiger partial charge in [0.25, 0.3) is 0 Å². The van der Waals surface area contributed by atoms with E-state index in [0.29, 0.717) is 24.0 Å². The minimum atomic E-state index is -1.17.